The van der Waals surface area contributed by atoms with Crippen molar-refractivity contribution in [3.05, 3.63) is 0 Å². The van der Waals surface area contributed by atoms with Gasteiger partial charge in [0.1, 0.15) is 0 Å². The van der Waals surface area contributed by atoms with Crippen LogP contribution >= 0.6 is 24.4 Å². The van der Waals surface area contributed by atoms with Crippen LogP contribution in [0.4, 0.5) is 0 Å². The second kappa shape index (κ2) is 38.5. The summed E-state index contributed by atoms with van der Waals surface area (Å²) in [6.45, 7) is 0. The summed E-state index contributed by atoms with van der Waals surface area (Å²) in [4.78, 5) is 4.59. The zero-order valence-electron chi connectivity index (χ0n) is 5.21. The van der Waals surface area contributed by atoms with E-state index in [2.05, 4.69) is 34.3 Å². The standard InChI is InChI=1S/2CHOS.2CH3.Sn/c2*2-1-3;;;/h2*(H,2,3);2*1H3;/q2*-1;;;+2. The van der Waals surface area contributed by atoms with E-state index in [0.717, 1.165) is 0 Å². The molecule has 0 aromatic carbocycles. The monoisotopic (exact) mass is 272 g/mol. The van der Waals surface area contributed by atoms with Crippen LogP contribution in [0.2, 0.25) is 9.88 Å². The molecular formula is C4H8O2S2Sn. The average Bonchev–Trinajstić information content (AvgIpc) is 1.70. The first kappa shape index (κ1) is 16.3. The molecule has 0 unspecified atom stereocenters. The fourth-order valence-electron chi connectivity index (χ4n) is 0. The summed E-state index contributed by atoms with van der Waals surface area (Å²) in [5.74, 6) is 0. The Morgan fingerprint density at radius 3 is 1.11 bits per heavy atom. The van der Waals surface area contributed by atoms with Crippen LogP contribution in [-0.4, -0.2) is 42.5 Å². The van der Waals surface area contributed by atoms with E-state index in [0.29, 0.717) is 0 Å². The molecular weight excluding hydrogens is 263 g/mol. The third-order valence-electron chi connectivity index (χ3n) is 0. The number of aliphatic hydroxyl groups excluding tert-OH is 2. The van der Waals surface area contributed by atoms with Gasteiger partial charge in [0.2, 0.25) is 0 Å². The molecule has 0 fully saturated rings. The fourth-order valence-corrected chi connectivity index (χ4v) is 0. The van der Waals surface area contributed by atoms with Crippen LogP contribution in [0.5, 0.6) is 0 Å². The second-order valence-electron chi connectivity index (χ2n) is 0.683. The maximum atomic E-state index is 7.13. The molecule has 0 aliphatic heterocycles. The van der Waals surface area contributed by atoms with Crippen molar-refractivity contribution in [1.29, 1.82) is 0 Å². The van der Waals surface area contributed by atoms with Crippen molar-refractivity contribution in [2.75, 3.05) is 0 Å². The molecule has 52 valence electrons. The molecule has 0 saturated carbocycles. The van der Waals surface area contributed by atoms with E-state index >= 15 is 0 Å². The van der Waals surface area contributed by atoms with Crippen molar-refractivity contribution in [2.24, 2.45) is 0 Å². The molecule has 0 aromatic rings. The Labute approximate surface area is 76.5 Å². The second-order valence-corrected chi connectivity index (χ2v) is 3.90. The maximum absolute atomic E-state index is 7.13. The molecule has 9 heavy (non-hydrogen) atoms. The van der Waals surface area contributed by atoms with Crippen LogP contribution in [0.3, 0.4) is 0 Å². The van der Waals surface area contributed by atoms with Crippen molar-refractivity contribution < 1.29 is 10.2 Å². The van der Waals surface area contributed by atoms with Gasteiger partial charge >= 0.3 is 31.0 Å². The van der Waals surface area contributed by atoms with Gasteiger partial charge in [-0.1, -0.05) is 0 Å². The van der Waals surface area contributed by atoms with Crippen molar-refractivity contribution in [2.45, 2.75) is 9.88 Å². The summed E-state index contributed by atoms with van der Waals surface area (Å²) in [5.41, 5.74) is 2.67. The van der Waals surface area contributed by atoms with E-state index in [1.165, 1.54) is 11.1 Å². The number of hydrogen-bond acceptors (Lipinski definition) is 2. The first-order valence-corrected chi connectivity index (χ1v) is 8.38. The quantitative estimate of drug-likeness (QED) is 0.398. The molecule has 0 saturated heterocycles. The van der Waals surface area contributed by atoms with Crippen molar-refractivity contribution in [3.63, 3.8) is 0 Å². The topological polar surface area (TPSA) is 40.5 Å². The molecule has 0 heterocycles. The van der Waals surface area contributed by atoms with Gasteiger partial charge in [-0.3, -0.25) is 0 Å². The molecule has 0 bridgehead atoms. The fraction of sp³-hybridized carbons (Fsp3) is 0.500. The first-order valence-electron chi connectivity index (χ1n) is 1.86. The van der Waals surface area contributed by atoms with Crippen LogP contribution in [0.25, 0.3) is 0 Å². The molecule has 0 aliphatic rings. The molecule has 0 radical (unpaired) electrons. The molecule has 0 amide bonds. The summed E-state index contributed by atoms with van der Waals surface area (Å²) in [5, 5.41) is 14.3. The molecule has 2 nitrogen and oxygen atoms in total. The third-order valence-corrected chi connectivity index (χ3v) is 0. The van der Waals surface area contributed by atoms with E-state index < -0.39 is 0 Å². The van der Waals surface area contributed by atoms with E-state index in [1.807, 2.05) is 0 Å². The van der Waals surface area contributed by atoms with Gasteiger partial charge in [0.15, 0.2) is 0 Å². The van der Waals surface area contributed by atoms with E-state index in [4.69, 9.17) is 10.2 Å². The zero-order valence-corrected chi connectivity index (χ0v) is 9.70. The van der Waals surface area contributed by atoms with Crippen molar-refractivity contribution in [1.82, 2.24) is 0 Å². The summed E-state index contributed by atoms with van der Waals surface area (Å²) in [6, 6.07) is 0. The summed E-state index contributed by atoms with van der Waals surface area (Å²) < 4.78 is 0. The van der Waals surface area contributed by atoms with Crippen LogP contribution in [-0.2, 0) is 0 Å². The normalized spacial score (nSPS) is 3.78. The molecule has 5 heteroatoms. The van der Waals surface area contributed by atoms with E-state index in [9.17, 15) is 0 Å². The molecule has 2 N–H and O–H groups in total. The molecule has 0 rings (SSSR count). The molecule has 0 spiro atoms. The Bertz CT molecular complexity index is 45.8. The molecule has 0 atom stereocenters. The van der Waals surface area contributed by atoms with E-state index in [1.54, 1.807) is 0 Å². The zero-order chi connectivity index (χ0) is 8.12. The van der Waals surface area contributed by atoms with Crippen LogP contribution < -0.4 is 0 Å². The van der Waals surface area contributed by atoms with Crippen molar-refractivity contribution >= 4 is 56.7 Å². The first-order chi connectivity index (χ1) is 4.24. The van der Waals surface area contributed by atoms with Gasteiger partial charge in [0.05, 0.1) is 0 Å². The summed E-state index contributed by atoms with van der Waals surface area (Å²) in [7, 11) is 0. The van der Waals surface area contributed by atoms with Gasteiger partial charge in [0.25, 0.3) is 0 Å². The number of rotatable bonds is 0. The Morgan fingerprint density at radius 1 is 1.11 bits per heavy atom. The van der Waals surface area contributed by atoms with Crippen LogP contribution in [0.15, 0.2) is 0 Å². The molecule has 0 aliphatic carbocycles. The third kappa shape index (κ3) is 1110. The number of thiocarbonyl (C=S) groups is 2. The van der Waals surface area contributed by atoms with Gasteiger partial charge in [-0.05, 0) is 0 Å². The summed E-state index contributed by atoms with van der Waals surface area (Å²) in [6.07, 6.45) is 0. The Balaban J connectivity index is -0.0000000600. The van der Waals surface area contributed by atoms with Crippen LogP contribution in [0, 0.1) is 0 Å². The van der Waals surface area contributed by atoms with Gasteiger partial charge in [-0.25, -0.2) is 11.1 Å². The molecule has 0 aromatic heterocycles. The predicted molar refractivity (Wildman–Crippen MR) is 47.9 cm³/mol. The Morgan fingerprint density at radius 2 is 1.11 bits per heavy atom. The SMILES string of the molecule is O[C-]=S.O[C-]=S.[CH3][Sn+2][CH3]. The number of hydrogen-bond donors (Lipinski definition) is 2. The number of aliphatic hydroxyl groups is 2. The Hall–Kier alpha value is 0.579. The van der Waals surface area contributed by atoms with Crippen LogP contribution in [0.1, 0.15) is 0 Å². The average molecular weight is 271 g/mol. The minimum atomic E-state index is 0.230. The van der Waals surface area contributed by atoms with Gasteiger partial charge in [0, 0.05) is 0 Å². The van der Waals surface area contributed by atoms with Crippen molar-refractivity contribution in [3.8, 4) is 0 Å². The van der Waals surface area contributed by atoms with Gasteiger partial charge in [-0.2, -0.15) is 0 Å². The van der Waals surface area contributed by atoms with E-state index in [-0.39, 0.29) is 21.1 Å². The van der Waals surface area contributed by atoms with Gasteiger partial charge < -0.3 is 34.6 Å². The predicted octanol–water partition coefficient (Wildman–Crippen LogP) is 1.54. The Kier molecular flexibility index (Phi) is 69.6. The minimum absolute atomic E-state index is 0.230. The summed E-state index contributed by atoms with van der Waals surface area (Å²) >= 11 is 7.63. The van der Waals surface area contributed by atoms with Gasteiger partial charge in [-0.15, -0.1) is 0 Å².